The fourth-order valence-corrected chi connectivity index (χ4v) is 2.09. The van der Waals surface area contributed by atoms with Crippen molar-refractivity contribution in [1.82, 2.24) is 9.78 Å². The van der Waals surface area contributed by atoms with Gasteiger partial charge in [-0.2, -0.15) is 5.10 Å². The maximum Gasteiger partial charge on any atom is 0.131 e. The summed E-state index contributed by atoms with van der Waals surface area (Å²) < 4.78 is 1.96. The Kier molecular flexibility index (Phi) is 4.80. The van der Waals surface area contributed by atoms with Gasteiger partial charge in [0.2, 0.25) is 0 Å². The van der Waals surface area contributed by atoms with Crippen LogP contribution in [0.2, 0.25) is 0 Å². The van der Waals surface area contributed by atoms with Crippen molar-refractivity contribution in [3.63, 3.8) is 0 Å². The van der Waals surface area contributed by atoms with E-state index in [1.165, 1.54) is 24.2 Å². The summed E-state index contributed by atoms with van der Waals surface area (Å²) in [7, 11) is 2.00. The summed E-state index contributed by atoms with van der Waals surface area (Å²) in [5.74, 6) is 1.19. The summed E-state index contributed by atoms with van der Waals surface area (Å²) in [5, 5.41) is 4.45. The van der Waals surface area contributed by atoms with Crippen LogP contribution in [0.4, 0.5) is 5.82 Å². The van der Waals surface area contributed by atoms with Crippen molar-refractivity contribution >= 4 is 5.82 Å². The van der Waals surface area contributed by atoms with Crippen LogP contribution in [0.25, 0.3) is 0 Å². The van der Waals surface area contributed by atoms with Crippen LogP contribution in [0.1, 0.15) is 37.9 Å². The molecule has 0 aliphatic carbocycles. The molecule has 1 heterocycles. The second-order valence-corrected chi connectivity index (χ2v) is 4.15. The number of hydrogen-bond donors (Lipinski definition) is 1. The number of aryl methyl sites for hydroxylation is 2. The number of nitrogens with two attached hydrogens (primary N) is 1. The topological polar surface area (TPSA) is 47.1 Å². The first kappa shape index (κ1) is 13.0. The van der Waals surface area contributed by atoms with Gasteiger partial charge in [-0.1, -0.05) is 13.3 Å². The standard InChI is InChI=1S/C12H24N4/c1-5-7-8-16(6-2)12-11(9-13)10(3)14-15(12)4/h5-9,13H2,1-4H3. The van der Waals surface area contributed by atoms with Gasteiger partial charge < -0.3 is 10.6 Å². The lowest BCUT2D eigenvalue weighted by Crippen LogP contribution is -2.27. The fraction of sp³-hybridized carbons (Fsp3) is 0.750. The van der Waals surface area contributed by atoms with Gasteiger partial charge in [0.25, 0.3) is 0 Å². The second-order valence-electron chi connectivity index (χ2n) is 4.15. The SMILES string of the molecule is CCCCN(CC)c1c(CN)c(C)nn1C. The van der Waals surface area contributed by atoms with Crippen LogP contribution in [0.3, 0.4) is 0 Å². The zero-order chi connectivity index (χ0) is 12.1. The van der Waals surface area contributed by atoms with Crippen molar-refractivity contribution < 1.29 is 0 Å². The van der Waals surface area contributed by atoms with E-state index >= 15 is 0 Å². The van der Waals surface area contributed by atoms with Gasteiger partial charge in [0.05, 0.1) is 5.69 Å². The summed E-state index contributed by atoms with van der Waals surface area (Å²) in [4.78, 5) is 2.37. The van der Waals surface area contributed by atoms with E-state index in [0.717, 1.165) is 18.8 Å². The average molecular weight is 224 g/mol. The van der Waals surface area contributed by atoms with Crippen LogP contribution in [0.15, 0.2) is 0 Å². The molecule has 0 unspecified atom stereocenters. The Bertz CT molecular complexity index is 330. The molecule has 1 aromatic heterocycles. The molecule has 0 spiro atoms. The Labute approximate surface area is 98.4 Å². The number of nitrogens with zero attached hydrogens (tertiary/aromatic N) is 3. The van der Waals surface area contributed by atoms with Crippen LogP contribution >= 0.6 is 0 Å². The molecule has 0 fully saturated rings. The highest BCUT2D eigenvalue weighted by molar-refractivity contribution is 5.50. The van der Waals surface area contributed by atoms with E-state index in [-0.39, 0.29) is 0 Å². The Hall–Kier alpha value is -1.03. The summed E-state index contributed by atoms with van der Waals surface area (Å²) in [6, 6.07) is 0. The molecule has 0 saturated heterocycles. The summed E-state index contributed by atoms with van der Waals surface area (Å²) in [6.45, 7) is 9.08. The molecule has 0 bridgehead atoms. The van der Waals surface area contributed by atoms with E-state index in [4.69, 9.17) is 5.73 Å². The Morgan fingerprint density at radius 1 is 1.38 bits per heavy atom. The van der Waals surface area contributed by atoms with Gasteiger partial charge in [0, 0.05) is 32.2 Å². The van der Waals surface area contributed by atoms with Gasteiger partial charge in [-0.15, -0.1) is 0 Å². The molecule has 4 nitrogen and oxygen atoms in total. The molecule has 92 valence electrons. The monoisotopic (exact) mass is 224 g/mol. The normalized spacial score (nSPS) is 10.8. The molecule has 4 heteroatoms. The van der Waals surface area contributed by atoms with Crippen LogP contribution in [0, 0.1) is 6.92 Å². The van der Waals surface area contributed by atoms with Crippen molar-refractivity contribution in [1.29, 1.82) is 0 Å². The van der Waals surface area contributed by atoms with E-state index in [2.05, 4.69) is 23.8 Å². The minimum absolute atomic E-state index is 0.567. The maximum atomic E-state index is 5.81. The van der Waals surface area contributed by atoms with Gasteiger partial charge in [-0.3, -0.25) is 4.68 Å². The molecule has 0 atom stereocenters. The minimum Gasteiger partial charge on any atom is -0.357 e. The zero-order valence-electron chi connectivity index (χ0n) is 11.0. The molecule has 2 N–H and O–H groups in total. The molecule has 16 heavy (non-hydrogen) atoms. The Balaban J connectivity index is 2.98. The third-order valence-corrected chi connectivity index (χ3v) is 2.98. The predicted octanol–water partition coefficient (Wildman–Crippen LogP) is 1.81. The highest BCUT2D eigenvalue weighted by atomic mass is 15.4. The summed E-state index contributed by atoms with van der Waals surface area (Å²) in [6.07, 6.45) is 2.42. The Morgan fingerprint density at radius 2 is 2.06 bits per heavy atom. The van der Waals surface area contributed by atoms with Gasteiger partial charge in [0.15, 0.2) is 0 Å². The first-order chi connectivity index (χ1) is 7.65. The lowest BCUT2D eigenvalue weighted by atomic mass is 10.2. The lowest BCUT2D eigenvalue weighted by Gasteiger charge is -2.24. The number of hydrogen-bond acceptors (Lipinski definition) is 3. The Morgan fingerprint density at radius 3 is 2.56 bits per heavy atom. The molecule has 0 aliphatic rings. The quantitative estimate of drug-likeness (QED) is 0.801. The highest BCUT2D eigenvalue weighted by Crippen LogP contribution is 2.22. The van der Waals surface area contributed by atoms with Gasteiger partial charge in [-0.25, -0.2) is 0 Å². The van der Waals surface area contributed by atoms with E-state index in [0.29, 0.717) is 6.54 Å². The molecule has 0 aromatic carbocycles. The van der Waals surface area contributed by atoms with E-state index < -0.39 is 0 Å². The first-order valence-corrected chi connectivity index (χ1v) is 6.13. The van der Waals surface area contributed by atoms with Crippen LogP contribution in [0.5, 0.6) is 0 Å². The van der Waals surface area contributed by atoms with Crippen LogP contribution in [-0.4, -0.2) is 22.9 Å². The molecule has 0 amide bonds. The number of rotatable bonds is 6. The van der Waals surface area contributed by atoms with Gasteiger partial charge in [-0.05, 0) is 20.3 Å². The fourth-order valence-electron chi connectivity index (χ4n) is 2.09. The summed E-state index contributed by atoms with van der Waals surface area (Å²) in [5.41, 5.74) is 8.04. The van der Waals surface area contributed by atoms with Crippen LogP contribution in [-0.2, 0) is 13.6 Å². The van der Waals surface area contributed by atoms with E-state index in [1.54, 1.807) is 0 Å². The van der Waals surface area contributed by atoms with Crippen LogP contribution < -0.4 is 10.6 Å². The molecular formula is C12H24N4. The van der Waals surface area contributed by atoms with Crippen molar-refractivity contribution in [2.45, 2.75) is 40.2 Å². The van der Waals surface area contributed by atoms with Gasteiger partial charge >= 0.3 is 0 Å². The maximum absolute atomic E-state index is 5.81. The van der Waals surface area contributed by atoms with E-state index in [1.807, 2.05) is 18.7 Å². The van der Waals surface area contributed by atoms with Crippen molar-refractivity contribution in [3.8, 4) is 0 Å². The molecule has 0 radical (unpaired) electrons. The van der Waals surface area contributed by atoms with Gasteiger partial charge in [0.1, 0.15) is 5.82 Å². The smallest absolute Gasteiger partial charge is 0.131 e. The predicted molar refractivity (Wildman–Crippen MR) is 68.6 cm³/mol. The average Bonchev–Trinajstić information content (AvgIpc) is 2.55. The number of unbranched alkanes of at least 4 members (excludes halogenated alkanes) is 1. The molecule has 1 rings (SSSR count). The van der Waals surface area contributed by atoms with Crippen molar-refractivity contribution in [2.24, 2.45) is 12.8 Å². The second kappa shape index (κ2) is 5.89. The minimum atomic E-state index is 0.567. The zero-order valence-corrected chi connectivity index (χ0v) is 11.0. The third kappa shape index (κ3) is 2.55. The number of aromatic nitrogens is 2. The van der Waals surface area contributed by atoms with Crippen molar-refractivity contribution in [2.75, 3.05) is 18.0 Å². The summed E-state index contributed by atoms with van der Waals surface area (Å²) >= 11 is 0. The highest BCUT2D eigenvalue weighted by Gasteiger charge is 2.16. The molecule has 0 aliphatic heterocycles. The molecular weight excluding hydrogens is 200 g/mol. The first-order valence-electron chi connectivity index (χ1n) is 6.13. The largest absolute Gasteiger partial charge is 0.357 e. The molecule has 0 saturated carbocycles. The van der Waals surface area contributed by atoms with E-state index in [9.17, 15) is 0 Å². The third-order valence-electron chi connectivity index (χ3n) is 2.98. The lowest BCUT2D eigenvalue weighted by molar-refractivity contribution is 0.675. The molecule has 1 aromatic rings. The van der Waals surface area contributed by atoms with Crippen molar-refractivity contribution in [3.05, 3.63) is 11.3 Å². The number of anilines is 1.